The largest absolute Gasteiger partial charge is 0.328 e. The molecule has 2 aromatic carbocycles. The molecule has 194 valence electrons. The molecule has 0 fully saturated rings. The molecule has 3 heterocycles. The zero-order valence-corrected chi connectivity index (χ0v) is 20.8. The monoisotopic (exact) mass is 556 g/mol. The molecule has 2 aliphatic rings. The van der Waals surface area contributed by atoms with Crippen LogP contribution in [0.3, 0.4) is 0 Å². The number of para-hydroxylation sites is 1. The minimum absolute atomic E-state index is 0.172. The van der Waals surface area contributed by atoms with Crippen LogP contribution in [0.4, 0.5) is 11.5 Å². The number of aromatic nitrogens is 2. The van der Waals surface area contributed by atoms with E-state index in [1.54, 1.807) is 36.2 Å². The highest BCUT2D eigenvalue weighted by molar-refractivity contribution is 7.86. The predicted octanol–water partition coefficient (Wildman–Crippen LogP) is 1.66. The molecule has 5 rings (SSSR count). The van der Waals surface area contributed by atoms with Crippen molar-refractivity contribution in [3.8, 4) is 11.8 Å². The summed E-state index contributed by atoms with van der Waals surface area (Å²) in [6, 6.07) is 10.1. The lowest BCUT2D eigenvalue weighted by Crippen LogP contribution is -2.53. The number of fused-ring (bicyclic) bond motifs is 3. The smallest absolute Gasteiger partial charge is 0.296 e. The van der Waals surface area contributed by atoms with Gasteiger partial charge in [-0.2, -0.15) is 37.4 Å². The number of carbonyl (C=O) groups is 1. The quantitative estimate of drug-likeness (QED) is 0.304. The summed E-state index contributed by atoms with van der Waals surface area (Å²) in [6.45, 7) is 1.66. The molecule has 2 aliphatic heterocycles. The molecule has 0 spiro atoms. The Morgan fingerprint density at radius 2 is 1.82 bits per heavy atom. The first-order valence-electron chi connectivity index (χ1n) is 10.6. The molecule has 1 aromatic heterocycles. The first-order chi connectivity index (χ1) is 17.9. The van der Waals surface area contributed by atoms with Crippen LogP contribution in [-0.4, -0.2) is 59.5 Å². The molecular formula is C21H16N8O7S2. The Morgan fingerprint density at radius 3 is 2.50 bits per heavy atom. The van der Waals surface area contributed by atoms with Gasteiger partial charge in [0.25, 0.3) is 26.1 Å². The van der Waals surface area contributed by atoms with Gasteiger partial charge in [0.2, 0.25) is 0 Å². The third-order valence-electron chi connectivity index (χ3n) is 5.81. The van der Waals surface area contributed by atoms with Crippen molar-refractivity contribution in [2.75, 3.05) is 5.01 Å². The van der Waals surface area contributed by atoms with Gasteiger partial charge in [0.15, 0.2) is 18.0 Å². The number of benzene rings is 2. The third-order valence-corrected chi connectivity index (χ3v) is 7.56. The van der Waals surface area contributed by atoms with Gasteiger partial charge in [-0.1, -0.05) is 12.1 Å². The second-order valence-electron chi connectivity index (χ2n) is 8.17. The van der Waals surface area contributed by atoms with Gasteiger partial charge in [-0.15, -0.1) is 5.11 Å². The summed E-state index contributed by atoms with van der Waals surface area (Å²) in [4.78, 5) is 11.2. The van der Waals surface area contributed by atoms with Crippen molar-refractivity contribution in [1.29, 1.82) is 5.26 Å². The van der Waals surface area contributed by atoms with E-state index in [2.05, 4.69) is 25.7 Å². The van der Waals surface area contributed by atoms with Crippen LogP contribution in [0.25, 0.3) is 5.69 Å². The lowest BCUT2D eigenvalue weighted by atomic mass is 10.1. The van der Waals surface area contributed by atoms with E-state index in [-0.39, 0.29) is 17.3 Å². The number of nitrogens with one attached hydrogen (secondary N) is 1. The maximum Gasteiger partial charge on any atom is 0.296 e. The zero-order chi connectivity index (χ0) is 27.4. The van der Waals surface area contributed by atoms with Crippen LogP contribution in [0.2, 0.25) is 0 Å². The summed E-state index contributed by atoms with van der Waals surface area (Å²) in [7, 11) is -9.69. The number of rotatable bonds is 5. The summed E-state index contributed by atoms with van der Waals surface area (Å²) >= 11 is 0. The van der Waals surface area contributed by atoms with E-state index in [1.165, 1.54) is 0 Å². The fraction of sp³-hybridized carbons (Fsp3) is 0.143. The third kappa shape index (κ3) is 4.20. The van der Waals surface area contributed by atoms with Crippen molar-refractivity contribution < 1.29 is 30.7 Å². The van der Waals surface area contributed by atoms with Crippen LogP contribution < -0.4 is 10.3 Å². The van der Waals surface area contributed by atoms with Crippen LogP contribution >= 0.6 is 0 Å². The molecule has 2 atom stereocenters. The molecule has 1 amide bonds. The molecule has 17 heteroatoms. The number of hydrazone groups is 1. The van der Waals surface area contributed by atoms with Crippen LogP contribution in [0.5, 0.6) is 0 Å². The van der Waals surface area contributed by atoms with Gasteiger partial charge in [-0.05, 0) is 37.3 Å². The van der Waals surface area contributed by atoms with Gasteiger partial charge in [0.1, 0.15) is 16.5 Å². The van der Waals surface area contributed by atoms with E-state index < -0.39 is 47.9 Å². The number of hydrogen-bond donors (Lipinski definition) is 3. The Hall–Kier alpha value is -4.50. The van der Waals surface area contributed by atoms with Crippen molar-refractivity contribution in [3.63, 3.8) is 0 Å². The van der Waals surface area contributed by atoms with E-state index in [9.17, 15) is 36.0 Å². The number of nitriles is 1. The van der Waals surface area contributed by atoms with Crippen molar-refractivity contribution in [2.24, 2.45) is 15.3 Å². The van der Waals surface area contributed by atoms with Gasteiger partial charge in [0, 0.05) is 0 Å². The maximum absolute atomic E-state index is 12.6. The predicted molar refractivity (Wildman–Crippen MR) is 129 cm³/mol. The number of carbonyl (C=O) groups excluding carboxylic acids is 1. The van der Waals surface area contributed by atoms with Crippen LogP contribution in [0, 0.1) is 11.3 Å². The molecule has 3 aromatic rings. The van der Waals surface area contributed by atoms with Crippen LogP contribution in [0.1, 0.15) is 22.8 Å². The zero-order valence-electron chi connectivity index (χ0n) is 19.2. The first kappa shape index (κ1) is 25.2. The Bertz CT molecular complexity index is 1820. The molecule has 0 bridgehead atoms. The molecule has 0 aliphatic carbocycles. The number of hydrogen-bond acceptors (Lipinski definition) is 11. The number of azo groups is 1. The van der Waals surface area contributed by atoms with Crippen molar-refractivity contribution in [2.45, 2.75) is 28.9 Å². The number of nitrogens with zero attached hydrogens (tertiary/aromatic N) is 7. The molecule has 0 radical (unpaired) electrons. The van der Waals surface area contributed by atoms with Gasteiger partial charge < -0.3 is 5.32 Å². The van der Waals surface area contributed by atoms with E-state index >= 15 is 0 Å². The molecule has 3 N–H and O–H groups in total. The summed E-state index contributed by atoms with van der Waals surface area (Å²) < 4.78 is 67.3. The topological polar surface area (TPSA) is 220 Å². The van der Waals surface area contributed by atoms with Crippen LogP contribution in [-0.2, 0) is 20.2 Å². The molecule has 0 saturated heterocycles. The fourth-order valence-electron chi connectivity index (χ4n) is 4.07. The highest BCUT2D eigenvalue weighted by atomic mass is 32.2. The molecule has 0 saturated carbocycles. The normalized spacial score (nSPS) is 19.1. The van der Waals surface area contributed by atoms with E-state index in [0.29, 0.717) is 17.0 Å². The lowest BCUT2D eigenvalue weighted by molar-refractivity contribution is 0.0927. The highest BCUT2D eigenvalue weighted by Crippen LogP contribution is 2.34. The van der Waals surface area contributed by atoms with E-state index in [1.807, 2.05) is 6.07 Å². The Kier molecular flexibility index (Phi) is 5.83. The Labute approximate surface area is 215 Å². The second-order valence-corrected chi connectivity index (χ2v) is 11.0. The number of amides is 1. The highest BCUT2D eigenvalue weighted by Gasteiger charge is 2.42. The first-order valence-corrected chi connectivity index (χ1v) is 13.5. The Balaban J connectivity index is 1.60. The van der Waals surface area contributed by atoms with E-state index in [0.717, 1.165) is 29.1 Å². The summed E-state index contributed by atoms with van der Waals surface area (Å²) in [6.07, 6.45) is 0.280. The van der Waals surface area contributed by atoms with Crippen molar-refractivity contribution in [1.82, 2.24) is 15.1 Å². The fourth-order valence-corrected chi connectivity index (χ4v) is 5.22. The summed E-state index contributed by atoms with van der Waals surface area (Å²) in [5.74, 6) is -0.659. The van der Waals surface area contributed by atoms with Gasteiger partial charge in [0.05, 0.1) is 33.7 Å². The summed E-state index contributed by atoms with van der Waals surface area (Å²) in [5, 5.41) is 30.7. The average molecular weight is 557 g/mol. The average Bonchev–Trinajstić information content (AvgIpc) is 3.41. The Morgan fingerprint density at radius 1 is 1.08 bits per heavy atom. The van der Waals surface area contributed by atoms with Gasteiger partial charge in [-0.3, -0.25) is 13.9 Å². The van der Waals surface area contributed by atoms with Gasteiger partial charge >= 0.3 is 0 Å². The minimum Gasteiger partial charge on any atom is -0.328 e. The molecule has 2 unspecified atom stereocenters. The summed E-state index contributed by atoms with van der Waals surface area (Å²) in [5.41, 5.74) is 0.749. The minimum atomic E-state index is -4.91. The van der Waals surface area contributed by atoms with E-state index in [4.69, 9.17) is 0 Å². The van der Waals surface area contributed by atoms with Crippen LogP contribution in [0.15, 0.2) is 73.8 Å². The molecule has 15 nitrogen and oxygen atoms in total. The van der Waals surface area contributed by atoms with Gasteiger partial charge in [-0.25, -0.2) is 9.69 Å². The molecular weight excluding hydrogens is 540 g/mol. The SMILES string of the molecule is CC1=NN2c3ccccc3C(=O)NC2C1/N=N/c1c(C#N)cnn1-c1cc(S(=O)(=O)O)ccc1S(=O)(=O)O. The van der Waals surface area contributed by atoms with Crippen molar-refractivity contribution >= 4 is 43.4 Å². The molecule has 38 heavy (non-hydrogen) atoms. The maximum atomic E-state index is 12.6. The van der Waals surface area contributed by atoms with Crippen molar-refractivity contribution in [3.05, 3.63) is 59.8 Å². The standard InChI is InChI=1S/C21H16N8O7S2/c1-11-18(20-24-21(30)14-4-2-3-5-15(14)29(20)27-11)25-26-19-12(9-22)10-23-28(19)16-8-13(37(31,32)33)6-7-17(16)38(34,35)36/h2-8,10,18,20H,1H3,(H,24,30)(H,31,32,33)(H,34,35,36)/b26-25+. The lowest BCUT2D eigenvalue weighted by Gasteiger charge is -2.32. The second kappa shape index (κ2) is 8.81. The number of anilines is 1.